The number of ether oxygens (including phenoxy) is 1. The molecule has 4 nitrogen and oxygen atoms in total. The van der Waals surface area contributed by atoms with Crippen LogP contribution in [0.5, 0.6) is 5.75 Å². The summed E-state index contributed by atoms with van der Waals surface area (Å²) in [6.07, 6.45) is 6.96. The van der Waals surface area contributed by atoms with Gasteiger partial charge in [-0.1, -0.05) is 6.08 Å². The van der Waals surface area contributed by atoms with Gasteiger partial charge < -0.3 is 15.5 Å². The number of thiocarbonyl (C=S) groups is 1. The first-order valence-electron chi connectivity index (χ1n) is 7.03. The highest BCUT2D eigenvalue weighted by molar-refractivity contribution is 7.80. The van der Waals surface area contributed by atoms with Crippen molar-refractivity contribution >= 4 is 23.0 Å². The number of allylic oxidation sites excluding steroid dienone is 2. The molecule has 0 radical (unpaired) electrons. The van der Waals surface area contributed by atoms with Crippen LogP contribution in [0.2, 0.25) is 0 Å². The highest BCUT2D eigenvalue weighted by Gasteiger charge is 2.03. The SMILES string of the molecule is CCOc1ccc(NC(=S)NNC2=CCCCC2)cc1. The maximum absolute atomic E-state index is 5.40. The summed E-state index contributed by atoms with van der Waals surface area (Å²) >= 11 is 5.25. The summed E-state index contributed by atoms with van der Waals surface area (Å²) in [6, 6.07) is 7.73. The quantitative estimate of drug-likeness (QED) is 0.574. The number of rotatable bonds is 5. The molecule has 0 atom stereocenters. The molecule has 0 bridgehead atoms. The van der Waals surface area contributed by atoms with Crippen molar-refractivity contribution in [2.45, 2.75) is 32.6 Å². The summed E-state index contributed by atoms with van der Waals surface area (Å²) in [6.45, 7) is 2.64. The van der Waals surface area contributed by atoms with Gasteiger partial charge in [0.1, 0.15) is 5.75 Å². The van der Waals surface area contributed by atoms with Crippen molar-refractivity contribution in [2.24, 2.45) is 0 Å². The van der Waals surface area contributed by atoms with Crippen LogP contribution in [0, 0.1) is 0 Å². The summed E-state index contributed by atoms with van der Waals surface area (Å²) in [5.41, 5.74) is 8.32. The fraction of sp³-hybridized carbons (Fsp3) is 0.400. The normalized spacial score (nSPS) is 14.2. The lowest BCUT2D eigenvalue weighted by molar-refractivity contribution is 0.340. The number of hydrazine groups is 1. The zero-order chi connectivity index (χ0) is 14.2. The fourth-order valence-corrected chi connectivity index (χ4v) is 2.22. The molecule has 0 saturated heterocycles. The molecule has 0 fully saturated rings. The van der Waals surface area contributed by atoms with Crippen LogP contribution >= 0.6 is 12.2 Å². The molecule has 1 aliphatic carbocycles. The van der Waals surface area contributed by atoms with Gasteiger partial charge in [0, 0.05) is 11.4 Å². The van der Waals surface area contributed by atoms with Gasteiger partial charge in [-0.15, -0.1) is 0 Å². The first-order valence-corrected chi connectivity index (χ1v) is 7.43. The molecular weight excluding hydrogens is 270 g/mol. The topological polar surface area (TPSA) is 45.3 Å². The maximum atomic E-state index is 5.40. The zero-order valence-electron chi connectivity index (χ0n) is 11.7. The van der Waals surface area contributed by atoms with Crippen LogP contribution in [0.15, 0.2) is 36.0 Å². The second-order valence-corrected chi connectivity index (χ2v) is 5.04. The Balaban J connectivity index is 1.77. The van der Waals surface area contributed by atoms with E-state index >= 15 is 0 Å². The van der Waals surface area contributed by atoms with Crippen molar-refractivity contribution in [1.82, 2.24) is 10.9 Å². The summed E-state index contributed by atoms with van der Waals surface area (Å²) in [5.74, 6) is 0.863. The summed E-state index contributed by atoms with van der Waals surface area (Å²) in [7, 11) is 0. The third-order valence-electron chi connectivity index (χ3n) is 3.05. The Bertz CT molecular complexity index is 471. The number of nitrogens with one attached hydrogen (secondary N) is 3. The highest BCUT2D eigenvalue weighted by Crippen LogP contribution is 2.16. The molecule has 5 heteroatoms. The van der Waals surface area contributed by atoms with Gasteiger partial charge in [-0.05, 0) is 69.1 Å². The van der Waals surface area contributed by atoms with E-state index in [9.17, 15) is 0 Å². The van der Waals surface area contributed by atoms with Crippen molar-refractivity contribution in [2.75, 3.05) is 11.9 Å². The predicted molar refractivity (Wildman–Crippen MR) is 86.7 cm³/mol. The fourth-order valence-electron chi connectivity index (χ4n) is 2.05. The summed E-state index contributed by atoms with van der Waals surface area (Å²) in [5, 5.41) is 3.68. The number of hydrogen-bond acceptors (Lipinski definition) is 3. The zero-order valence-corrected chi connectivity index (χ0v) is 12.6. The number of benzene rings is 1. The van der Waals surface area contributed by atoms with E-state index in [1.54, 1.807) is 0 Å². The first-order chi connectivity index (χ1) is 9.78. The van der Waals surface area contributed by atoms with Gasteiger partial charge in [0.2, 0.25) is 0 Å². The van der Waals surface area contributed by atoms with Crippen molar-refractivity contribution < 1.29 is 4.74 Å². The molecule has 0 aliphatic heterocycles. The standard InChI is InChI=1S/C15H21N3OS/c1-2-19-14-10-8-12(9-11-14)16-15(20)18-17-13-6-4-3-5-7-13/h6,8-11,17H,2-5,7H2,1H3,(H2,16,18,20). The van der Waals surface area contributed by atoms with Crippen LogP contribution in [-0.4, -0.2) is 11.7 Å². The van der Waals surface area contributed by atoms with Crippen LogP contribution in [0.25, 0.3) is 0 Å². The third-order valence-corrected chi connectivity index (χ3v) is 3.25. The minimum Gasteiger partial charge on any atom is -0.494 e. The Morgan fingerprint density at radius 2 is 2.05 bits per heavy atom. The lowest BCUT2D eigenvalue weighted by atomic mass is 10.1. The Hall–Kier alpha value is -1.75. The minimum absolute atomic E-state index is 0.556. The van der Waals surface area contributed by atoms with Gasteiger partial charge in [-0.2, -0.15) is 0 Å². The molecule has 1 aromatic carbocycles. The van der Waals surface area contributed by atoms with Gasteiger partial charge in [0.05, 0.1) is 6.61 Å². The lowest BCUT2D eigenvalue weighted by Crippen LogP contribution is -2.39. The third kappa shape index (κ3) is 4.74. The van der Waals surface area contributed by atoms with Crippen LogP contribution in [0.4, 0.5) is 5.69 Å². The van der Waals surface area contributed by atoms with E-state index < -0.39 is 0 Å². The maximum Gasteiger partial charge on any atom is 0.189 e. The van der Waals surface area contributed by atoms with Crippen molar-refractivity contribution in [3.8, 4) is 5.75 Å². The van der Waals surface area contributed by atoms with E-state index in [0.29, 0.717) is 11.7 Å². The van der Waals surface area contributed by atoms with Crippen LogP contribution in [0.3, 0.4) is 0 Å². The Morgan fingerprint density at radius 1 is 1.25 bits per heavy atom. The van der Waals surface area contributed by atoms with E-state index in [1.165, 1.54) is 18.5 Å². The largest absolute Gasteiger partial charge is 0.494 e. The van der Waals surface area contributed by atoms with E-state index in [0.717, 1.165) is 24.3 Å². The molecule has 0 amide bonds. The molecule has 20 heavy (non-hydrogen) atoms. The molecular formula is C15H21N3OS. The van der Waals surface area contributed by atoms with E-state index in [4.69, 9.17) is 17.0 Å². The van der Waals surface area contributed by atoms with Gasteiger partial charge in [-0.25, -0.2) is 0 Å². The van der Waals surface area contributed by atoms with E-state index in [2.05, 4.69) is 22.2 Å². The molecule has 108 valence electrons. The van der Waals surface area contributed by atoms with Gasteiger partial charge in [0.25, 0.3) is 0 Å². The lowest BCUT2D eigenvalue weighted by Gasteiger charge is -2.17. The summed E-state index contributed by atoms with van der Waals surface area (Å²) in [4.78, 5) is 0. The molecule has 3 N–H and O–H groups in total. The predicted octanol–water partition coefficient (Wildman–Crippen LogP) is 3.33. The molecule has 1 aliphatic rings. The first kappa shape index (κ1) is 14.7. The molecule has 0 aromatic heterocycles. The second-order valence-electron chi connectivity index (χ2n) is 4.64. The molecule has 2 rings (SSSR count). The Labute approximate surface area is 125 Å². The molecule has 0 spiro atoms. The van der Waals surface area contributed by atoms with Gasteiger partial charge in [-0.3, -0.25) is 5.43 Å². The molecule has 0 unspecified atom stereocenters. The number of anilines is 1. The molecule has 0 saturated carbocycles. The van der Waals surface area contributed by atoms with Crippen LogP contribution in [-0.2, 0) is 0 Å². The van der Waals surface area contributed by atoms with Crippen molar-refractivity contribution in [1.29, 1.82) is 0 Å². The average Bonchev–Trinajstić information content (AvgIpc) is 2.49. The van der Waals surface area contributed by atoms with Crippen LogP contribution in [0.1, 0.15) is 32.6 Å². The second kappa shape index (κ2) is 7.75. The molecule has 0 heterocycles. The smallest absolute Gasteiger partial charge is 0.189 e. The monoisotopic (exact) mass is 291 g/mol. The van der Waals surface area contributed by atoms with E-state index in [-0.39, 0.29) is 0 Å². The van der Waals surface area contributed by atoms with Gasteiger partial charge >= 0.3 is 0 Å². The number of hydrogen-bond donors (Lipinski definition) is 3. The Morgan fingerprint density at radius 3 is 2.70 bits per heavy atom. The van der Waals surface area contributed by atoms with Crippen molar-refractivity contribution in [3.63, 3.8) is 0 Å². The van der Waals surface area contributed by atoms with Crippen LogP contribution < -0.4 is 20.9 Å². The van der Waals surface area contributed by atoms with E-state index in [1.807, 2.05) is 31.2 Å². The summed E-state index contributed by atoms with van der Waals surface area (Å²) < 4.78 is 5.40. The van der Waals surface area contributed by atoms with Gasteiger partial charge in [0.15, 0.2) is 5.11 Å². The Kier molecular flexibility index (Phi) is 5.68. The minimum atomic E-state index is 0.556. The highest BCUT2D eigenvalue weighted by atomic mass is 32.1. The average molecular weight is 291 g/mol. The van der Waals surface area contributed by atoms with Crippen molar-refractivity contribution in [3.05, 3.63) is 36.0 Å². The molecule has 1 aromatic rings.